The summed E-state index contributed by atoms with van der Waals surface area (Å²) in [6.07, 6.45) is 0.650. The molecule has 0 N–H and O–H groups in total. The average molecular weight is 143 g/mol. The number of Topliss-reactive ketones (excluding diaryl/α,β-unsaturated/α-hetero) is 1. The van der Waals surface area contributed by atoms with Gasteiger partial charge in [-0.2, -0.15) is 0 Å². The van der Waals surface area contributed by atoms with Gasteiger partial charge in [-0.1, -0.05) is 18.2 Å². The van der Waals surface area contributed by atoms with Crippen molar-refractivity contribution in [1.29, 1.82) is 0 Å². The van der Waals surface area contributed by atoms with Crippen molar-refractivity contribution in [1.82, 2.24) is 0 Å². The first-order valence-electron chi connectivity index (χ1n) is 2.70. The summed E-state index contributed by atoms with van der Waals surface area (Å²) in [5, 5.41) is 0.361. The molecule has 9 heavy (non-hydrogen) atoms. The molecule has 48 valence electrons. The molecule has 0 bridgehead atoms. The minimum atomic E-state index is -0.0887. The molecule has 0 saturated carbocycles. The second-order valence-corrected chi connectivity index (χ2v) is 2.58. The Hall–Kier alpha value is -0.560. The zero-order chi connectivity index (χ0) is 7.02. The van der Waals surface area contributed by atoms with E-state index in [0.717, 1.165) is 5.57 Å². The standard InChI is InChI=1S/C7H7ClO/c1-4-3-5(2)7(9)6(4)8/h2-3H2,1H3. The first kappa shape index (κ1) is 6.56. The summed E-state index contributed by atoms with van der Waals surface area (Å²) in [4.78, 5) is 10.8. The molecule has 1 aliphatic carbocycles. The molecular formula is C7H7ClO. The van der Waals surface area contributed by atoms with Gasteiger partial charge in [0.25, 0.3) is 0 Å². The summed E-state index contributed by atoms with van der Waals surface area (Å²) < 4.78 is 0. The maximum atomic E-state index is 10.8. The Morgan fingerprint density at radius 2 is 2.22 bits per heavy atom. The lowest BCUT2D eigenvalue weighted by Gasteiger charge is -1.84. The predicted octanol–water partition coefficient (Wildman–Crippen LogP) is 2.03. The van der Waals surface area contributed by atoms with Crippen LogP contribution in [0.2, 0.25) is 0 Å². The lowest BCUT2D eigenvalue weighted by Crippen LogP contribution is -1.91. The van der Waals surface area contributed by atoms with Crippen molar-refractivity contribution in [2.45, 2.75) is 13.3 Å². The van der Waals surface area contributed by atoms with Crippen LogP contribution in [0.4, 0.5) is 0 Å². The predicted molar refractivity (Wildman–Crippen MR) is 37.3 cm³/mol. The van der Waals surface area contributed by atoms with Crippen LogP contribution in [0.3, 0.4) is 0 Å². The molecule has 0 aromatic carbocycles. The first-order chi connectivity index (χ1) is 4.13. The SMILES string of the molecule is C=C1CC(C)=C(Cl)C1=O. The molecule has 0 aromatic rings. The van der Waals surface area contributed by atoms with Crippen molar-refractivity contribution in [2.75, 3.05) is 0 Å². The second kappa shape index (κ2) is 1.99. The Balaban J connectivity index is 3.01. The highest BCUT2D eigenvalue weighted by Gasteiger charge is 2.21. The number of carbonyl (C=O) groups is 1. The normalized spacial score (nSPS) is 19.8. The van der Waals surface area contributed by atoms with Crippen molar-refractivity contribution in [3.63, 3.8) is 0 Å². The van der Waals surface area contributed by atoms with Crippen LogP contribution in [0.15, 0.2) is 22.8 Å². The highest BCUT2D eigenvalue weighted by Crippen LogP contribution is 2.28. The van der Waals surface area contributed by atoms with Crippen LogP contribution in [-0.4, -0.2) is 5.78 Å². The largest absolute Gasteiger partial charge is 0.288 e. The molecule has 0 fully saturated rings. The molecular weight excluding hydrogens is 136 g/mol. The van der Waals surface area contributed by atoms with E-state index in [2.05, 4.69) is 6.58 Å². The fourth-order valence-electron chi connectivity index (χ4n) is 0.827. The third-order valence-corrected chi connectivity index (χ3v) is 1.87. The summed E-state index contributed by atoms with van der Waals surface area (Å²) >= 11 is 5.58. The minimum absolute atomic E-state index is 0.0887. The summed E-state index contributed by atoms with van der Waals surface area (Å²) in [5.41, 5.74) is 1.55. The second-order valence-electron chi connectivity index (χ2n) is 2.20. The Morgan fingerprint density at radius 1 is 1.67 bits per heavy atom. The van der Waals surface area contributed by atoms with Crippen molar-refractivity contribution >= 4 is 17.4 Å². The highest BCUT2D eigenvalue weighted by atomic mass is 35.5. The maximum Gasteiger partial charge on any atom is 0.200 e. The number of hydrogen-bond acceptors (Lipinski definition) is 1. The van der Waals surface area contributed by atoms with Crippen molar-refractivity contribution in [3.05, 3.63) is 22.8 Å². The molecule has 1 nitrogen and oxygen atoms in total. The molecule has 0 radical (unpaired) electrons. The Bertz CT molecular complexity index is 210. The van der Waals surface area contributed by atoms with Crippen LogP contribution >= 0.6 is 11.6 Å². The van der Waals surface area contributed by atoms with E-state index in [-0.39, 0.29) is 5.78 Å². The lowest BCUT2D eigenvalue weighted by atomic mass is 10.2. The van der Waals surface area contributed by atoms with E-state index < -0.39 is 0 Å². The molecule has 0 atom stereocenters. The van der Waals surface area contributed by atoms with Crippen LogP contribution in [0.25, 0.3) is 0 Å². The summed E-state index contributed by atoms with van der Waals surface area (Å²) in [6.45, 7) is 5.41. The van der Waals surface area contributed by atoms with E-state index >= 15 is 0 Å². The summed E-state index contributed by atoms with van der Waals surface area (Å²) in [6, 6.07) is 0. The third kappa shape index (κ3) is 0.924. The van der Waals surface area contributed by atoms with Crippen molar-refractivity contribution in [3.8, 4) is 0 Å². The van der Waals surface area contributed by atoms with Crippen LogP contribution in [0.5, 0.6) is 0 Å². The van der Waals surface area contributed by atoms with Gasteiger partial charge in [0.15, 0.2) is 5.78 Å². The van der Waals surface area contributed by atoms with Gasteiger partial charge in [-0.3, -0.25) is 4.79 Å². The van der Waals surface area contributed by atoms with Gasteiger partial charge in [0, 0.05) is 0 Å². The molecule has 0 aromatic heterocycles. The van der Waals surface area contributed by atoms with Crippen molar-refractivity contribution in [2.24, 2.45) is 0 Å². The fraction of sp³-hybridized carbons (Fsp3) is 0.286. The molecule has 0 amide bonds. The zero-order valence-electron chi connectivity index (χ0n) is 5.20. The Kier molecular flexibility index (Phi) is 1.45. The van der Waals surface area contributed by atoms with Crippen LogP contribution in [-0.2, 0) is 4.79 Å². The van der Waals surface area contributed by atoms with E-state index in [9.17, 15) is 4.79 Å². The molecule has 0 unspecified atom stereocenters. The van der Waals surface area contributed by atoms with Crippen LogP contribution < -0.4 is 0 Å². The molecule has 0 spiro atoms. The Morgan fingerprint density at radius 3 is 2.33 bits per heavy atom. The molecule has 2 heteroatoms. The molecule has 0 heterocycles. The van der Waals surface area contributed by atoms with Gasteiger partial charge in [0.2, 0.25) is 0 Å². The number of halogens is 1. The van der Waals surface area contributed by atoms with E-state index in [1.165, 1.54) is 0 Å². The monoisotopic (exact) mass is 142 g/mol. The van der Waals surface area contributed by atoms with Gasteiger partial charge < -0.3 is 0 Å². The maximum absolute atomic E-state index is 10.8. The average Bonchev–Trinajstić information content (AvgIpc) is 1.98. The van der Waals surface area contributed by atoms with Crippen LogP contribution in [0, 0.1) is 0 Å². The van der Waals surface area contributed by atoms with E-state index in [4.69, 9.17) is 11.6 Å². The smallest absolute Gasteiger partial charge is 0.200 e. The number of rotatable bonds is 0. The first-order valence-corrected chi connectivity index (χ1v) is 3.08. The highest BCUT2D eigenvalue weighted by molar-refractivity contribution is 6.46. The van der Waals surface area contributed by atoms with Crippen molar-refractivity contribution < 1.29 is 4.79 Å². The number of allylic oxidation sites excluding steroid dienone is 3. The van der Waals surface area contributed by atoms with Gasteiger partial charge >= 0.3 is 0 Å². The topological polar surface area (TPSA) is 17.1 Å². The number of carbonyl (C=O) groups excluding carboxylic acids is 1. The number of hydrogen-bond donors (Lipinski definition) is 0. The van der Waals surface area contributed by atoms with E-state index in [1.807, 2.05) is 6.92 Å². The van der Waals surface area contributed by atoms with Gasteiger partial charge in [0.05, 0.1) is 5.03 Å². The zero-order valence-corrected chi connectivity index (χ0v) is 5.96. The quantitative estimate of drug-likeness (QED) is 0.473. The van der Waals surface area contributed by atoms with E-state index in [0.29, 0.717) is 17.0 Å². The van der Waals surface area contributed by atoms with Gasteiger partial charge in [-0.05, 0) is 24.5 Å². The third-order valence-electron chi connectivity index (χ3n) is 1.37. The van der Waals surface area contributed by atoms with E-state index in [1.54, 1.807) is 0 Å². The summed E-state index contributed by atoms with van der Waals surface area (Å²) in [7, 11) is 0. The van der Waals surface area contributed by atoms with Gasteiger partial charge in [-0.15, -0.1) is 0 Å². The fourth-order valence-corrected chi connectivity index (χ4v) is 1.03. The summed E-state index contributed by atoms with van der Waals surface area (Å²) in [5.74, 6) is -0.0887. The number of ketones is 1. The van der Waals surface area contributed by atoms with Crippen LogP contribution in [0.1, 0.15) is 13.3 Å². The van der Waals surface area contributed by atoms with Gasteiger partial charge in [-0.25, -0.2) is 0 Å². The molecule has 0 aliphatic heterocycles. The molecule has 0 saturated heterocycles. The molecule has 1 aliphatic rings. The molecule has 1 rings (SSSR count). The Labute approximate surface area is 59.0 Å². The lowest BCUT2D eigenvalue weighted by molar-refractivity contribution is -0.111. The minimum Gasteiger partial charge on any atom is -0.288 e. The van der Waals surface area contributed by atoms with Gasteiger partial charge in [0.1, 0.15) is 0 Å².